The van der Waals surface area contributed by atoms with Gasteiger partial charge in [-0.25, -0.2) is 0 Å². The molecule has 122 valence electrons. The summed E-state index contributed by atoms with van der Waals surface area (Å²) in [5, 5.41) is 30.2. The van der Waals surface area contributed by atoms with Gasteiger partial charge >= 0.3 is 0 Å². The second-order valence-electron chi connectivity index (χ2n) is 6.41. The summed E-state index contributed by atoms with van der Waals surface area (Å²) in [5.41, 5.74) is 1.15. The molecule has 2 fully saturated rings. The van der Waals surface area contributed by atoms with Crippen molar-refractivity contribution in [2.75, 3.05) is 19.7 Å². The number of aliphatic hydroxyl groups is 3. The van der Waals surface area contributed by atoms with Crippen LogP contribution < -0.4 is 0 Å². The molecule has 22 heavy (non-hydrogen) atoms. The maximum atomic E-state index is 10.5. The van der Waals surface area contributed by atoms with E-state index in [2.05, 4.69) is 0 Å². The standard InChI is InChI=1S/C17H25NO4/c19-14-10-18-8-6-13(16(20)15(18)17(14)21)7-9-22-11-12-4-2-1-3-5-12/h1-5,13-17,19-21H,6-11H2/t13-,14?,15+,16+,17+/m0/s1. The van der Waals surface area contributed by atoms with Crippen LogP contribution in [0.4, 0.5) is 0 Å². The van der Waals surface area contributed by atoms with Crippen LogP contribution in [0.2, 0.25) is 0 Å². The van der Waals surface area contributed by atoms with Gasteiger partial charge in [-0.15, -0.1) is 0 Å². The molecule has 0 radical (unpaired) electrons. The lowest BCUT2D eigenvalue weighted by Gasteiger charge is -2.40. The van der Waals surface area contributed by atoms with Crippen molar-refractivity contribution in [2.45, 2.75) is 43.8 Å². The molecule has 2 heterocycles. The minimum atomic E-state index is -0.844. The van der Waals surface area contributed by atoms with Gasteiger partial charge in [-0.2, -0.15) is 0 Å². The molecule has 2 aliphatic rings. The van der Waals surface area contributed by atoms with Crippen molar-refractivity contribution >= 4 is 0 Å². The Balaban J connectivity index is 1.45. The molecule has 0 bridgehead atoms. The van der Waals surface area contributed by atoms with Crippen molar-refractivity contribution in [2.24, 2.45) is 5.92 Å². The molecule has 0 amide bonds. The molecule has 2 saturated heterocycles. The molecule has 3 N–H and O–H groups in total. The number of ether oxygens (including phenoxy) is 1. The fourth-order valence-corrected chi connectivity index (χ4v) is 3.67. The second-order valence-corrected chi connectivity index (χ2v) is 6.41. The smallest absolute Gasteiger partial charge is 0.0991 e. The first-order valence-electron chi connectivity index (χ1n) is 8.06. The topological polar surface area (TPSA) is 73.2 Å². The molecule has 1 aromatic rings. The van der Waals surface area contributed by atoms with Crippen LogP contribution >= 0.6 is 0 Å². The van der Waals surface area contributed by atoms with E-state index in [1.54, 1.807) is 0 Å². The number of hydrogen-bond donors (Lipinski definition) is 3. The maximum Gasteiger partial charge on any atom is 0.0991 e. The highest BCUT2D eigenvalue weighted by atomic mass is 16.5. The van der Waals surface area contributed by atoms with Crippen LogP contribution in [0.3, 0.4) is 0 Å². The van der Waals surface area contributed by atoms with E-state index in [9.17, 15) is 15.3 Å². The molecule has 3 rings (SSSR count). The molecule has 0 saturated carbocycles. The summed E-state index contributed by atoms with van der Waals surface area (Å²) in [6.07, 6.45) is -0.524. The molecule has 0 aliphatic carbocycles. The zero-order chi connectivity index (χ0) is 15.5. The lowest BCUT2D eigenvalue weighted by molar-refractivity contribution is -0.0635. The Morgan fingerprint density at radius 3 is 2.64 bits per heavy atom. The number of hydrogen-bond acceptors (Lipinski definition) is 5. The minimum absolute atomic E-state index is 0.122. The normalized spacial score (nSPS) is 35.5. The quantitative estimate of drug-likeness (QED) is 0.686. The van der Waals surface area contributed by atoms with E-state index in [-0.39, 0.29) is 12.0 Å². The molecule has 1 aromatic carbocycles. The third-order valence-corrected chi connectivity index (χ3v) is 4.95. The van der Waals surface area contributed by atoms with Crippen molar-refractivity contribution in [3.8, 4) is 0 Å². The number of fused-ring (bicyclic) bond motifs is 1. The predicted molar refractivity (Wildman–Crippen MR) is 82.2 cm³/mol. The van der Waals surface area contributed by atoms with Crippen molar-refractivity contribution in [1.29, 1.82) is 0 Å². The van der Waals surface area contributed by atoms with Crippen LogP contribution in [-0.4, -0.2) is 64.3 Å². The summed E-state index contributed by atoms with van der Waals surface area (Å²) >= 11 is 0. The lowest BCUT2D eigenvalue weighted by Crippen LogP contribution is -2.53. The molecule has 5 heteroatoms. The zero-order valence-corrected chi connectivity index (χ0v) is 12.7. The van der Waals surface area contributed by atoms with Gasteiger partial charge in [-0.05, 0) is 30.9 Å². The largest absolute Gasteiger partial charge is 0.391 e. The van der Waals surface area contributed by atoms with E-state index in [0.717, 1.165) is 24.9 Å². The van der Waals surface area contributed by atoms with Gasteiger partial charge < -0.3 is 20.1 Å². The SMILES string of the molecule is OC1CN2CC[C@@H](CCOCc3ccccc3)[C@@H](O)[C@@H]2[C@@H]1O. The Kier molecular flexibility index (Phi) is 5.10. The average molecular weight is 307 g/mol. The number of nitrogens with zero attached hydrogens (tertiary/aromatic N) is 1. The third-order valence-electron chi connectivity index (χ3n) is 4.95. The summed E-state index contributed by atoms with van der Waals surface area (Å²) < 4.78 is 5.69. The van der Waals surface area contributed by atoms with Gasteiger partial charge in [0.1, 0.15) is 0 Å². The molecular weight excluding hydrogens is 282 g/mol. The first kappa shape index (κ1) is 15.9. The maximum absolute atomic E-state index is 10.5. The van der Waals surface area contributed by atoms with Crippen LogP contribution in [0.25, 0.3) is 0 Å². The molecule has 5 nitrogen and oxygen atoms in total. The first-order chi connectivity index (χ1) is 10.7. The van der Waals surface area contributed by atoms with E-state index in [0.29, 0.717) is 19.8 Å². The zero-order valence-electron chi connectivity index (χ0n) is 12.7. The van der Waals surface area contributed by atoms with Crippen LogP contribution in [-0.2, 0) is 11.3 Å². The Morgan fingerprint density at radius 1 is 1.09 bits per heavy atom. The number of rotatable bonds is 5. The van der Waals surface area contributed by atoms with E-state index in [1.165, 1.54) is 0 Å². The second kappa shape index (κ2) is 7.06. The van der Waals surface area contributed by atoms with Gasteiger partial charge in [-0.3, -0.25) is 4.90 Å². The van der Waals surface area contributed by atoms with Crippen molar-refractivity contribution in [3.63, 3.8) is 0 Å². The summed E-state index contributed by atoms with van der Waals surface area (Å²) in [6, 6.07) is 9.70. The molecule has 2 aliphatic heterocycles. The van der Waals surface area contributed by atoms with E-state index in [1.807, 2.05) is 35.2 Å². The Labute approximate surface area is 131 Å². The lowest BCUT2D eigenvalue weighted by atomic mass is 9.85. The van der Waals surface area contributed by atoms with Crippen LogP contribution in [0.5, 0.6) is 0 Å². The highest BCUT2D eigenvalue weighted by Crippen LogP contribution is 2.33. The average Bonchev–Trinajstić information content (AvgIpc) is 2.82. The summed E-state index contributed by atoms with van der Waals surface area (Å²) in [7, 11) is 0. The van der Waals surface area contributed by atoms with Gasteiger partial charge in [0.15, 0.2) is 0 Å². The molecule has 0 aromatic heterocycles. The van der Waals surface area contributed by atoms with E-state index in [4.69, 9.17) is 4.74 Å². The Bertz CT molecular complexity index is 469. The Hall–Kier alpha value is -0.980. The van der Waals surface area contributed by atoms with E-state index < -0.39 is 18.3 Å². The number of benzene rings is 1. The summed E-state index contributed by atoms with van der Waals surface area (Å²) in [4.78, 5) is 2.00. The van der Waals surface area contributed by atoms with Gasteiger partial charge in [0.25, 0.3) is 0 Å². The fraction of sp³-hybridized carbons (Fsp3) is 0.647. The van der Waals surface area contributed by atoms with Crippen molar-refractivity contribution in [1.82, 2.24) is 4.90 Å². The van der Waals surface area contributed by atoms with Crippen molar-refractivity contribution in [3.05, 3.63) is 35.9 Å². The van der Waals surface area contributed by atoms with Gasteiger partial charge in [0.2, 0.25) is 0 Å². The predicted octanol–water partition coefficient (Wildman–Crippen LogP) is 0.380. The molecule has 1 unspecified atom stereocenters. The molecule has 0 spiro atoms. The van der Waals surface area contributed by atoms with Crippen LogP contribution in [0.15, 0.2) is 30.3 Å². The van der Waals surface area contributed by atoms with Gasteiger partial charge in [0, 0.05) is 13.2 Å². The summed E-state index contributed by atoms with van der Waals surface area (Å²) in [5.74, 6) is 0.122. The number of aliphatic hydroxyl groups excluding tert-OH is 3. The Morgan fingerprint density at radius 2 is 1.86 bits per heavy atom. The minimum Gasteiger partial charge on any atom is -0.391 e. The van der Waals surface area contributed by atoms with E-state index >= 15 is 0 Å². The fourth-order valence-electron chi connectivity index (χ4n) is 3.67. The van der Waals surface area contributed by atoms with Crippen molar-refractivity contribution < 1.29 is 20.1 Å². The van der Waals surface area contributed by atoms with Gasteiger partial charge in [-0.1, -0.05) is 30.3 Å². The molecular formula is C17H25NO4. The van der Waals surface area contributed by atoms with Crippen LogP contribution in [0.1, 0.15) is 18.4 Å². The highest BCUT2D eigenvalue weighted by molar-refractivity contribution is 5.13. The first-order valence-corrected chi connectivity index (χ1v) is 8.06. The van der Waals surface area contributed by atoms with Crippen LogP contribution in [0, 0.1) is 5.92 Å². The molecule has 5 atom stereocenters. The van der Waals surface area contributed by atoms with Gasteiger partial charge in [0.05, 0.1) is 31.0 Å². The highest BCUT2D eigenvalue weighted by Gasteiger charge is 2.48. The summed E-state index contributed by atoms with van der Waals surface area (Å²) in [6.45, 7) is 2.46. The number of piperidine rings is 1. The monoisotopic (exact) mass is 307 g/mol. The third kappa shape index (κ3) is 3.34.